The molecule has 4 aromatic rings. The number of aryl methyl sites for hydroxylation is 3. The van der Waals surface area contributed by atoms with Gasteiger partial charge in [0.05, 0.1) is 17.6 Å². The Bertz CT molecular complexity index is 1360. The lowest BCUT2D eigenvalue weighted by Crippen LogP contribution is -2.26. The quantitative estimate of drug-likeness (QED) is 0.417. The lowest BCUT2D eigenvalue weighted by atomic mass is 10.1. The molecule has 0 bridgehead atoms. The highest BCUT2D eigenvalue weighted by Crippen LogP contribution is 2.33. The Hall–Kier alpha value is -3.64. The number of benzene rings is 3. The second kappa shape index (κ2) is 9.55. The Kier molecular flexibility index (Phi) is 6.31. The SMILES string of the molecule is Cc1ccc(N2CC(c3nc4ccccc4n3CC(O)COc3cc(C)ccc3C)CC2=O)cc1. The minimum absolute atomic E-state index is 0.0525. The van der Waals surface area contributed by atoms with Crippen molar-refractivity contribution < 1.29 is 14.6 Å². The van der Waals surface area contributed by atoms with E-state index in [1.54, 1.807) is 0 Å². The molecule has 2 atom stereocenters. The molecule has 0 saturated carbocycles. The van der Waals surface area contributed by atoms with Gasteiger partial charge in [0.15, 0.2) is 0 Å². The van der Waals surface area contributed by atoms with E-state index >= 15 is 0 Å². The molecule has 1 amide bonds. The van der Waals surface area contributed by atoms with Crippen LogP contribution >= 0.6 is 0 Å². The van der Waals surface area contributed by atoms with Crippen LogP contribution in [0.25, 0.3) is 11.0 Å². The van der Waals surface area contributed by atoms with Gasteiger partial charge in [-0.25, -0.2) is 4.98 Å². The first-order chi connectivity index (χ1) is 16.9. The van der Waals surface area contributed by atoms with Crippen LogP contribution in [0.5, 0.6) is 5.75 Å². The van der Waals surface area contributed by atoms with Gasteiger partial charge in [-0.2, -0.15) is 0 Å². The molecule has 2 unspecified atom stereocenters. The second-order valence-electron chi connectivity index (χ2n) is 9.54. The molecule has 1 N–H and O–H groups in total. The number of ether oxygens (including phenoxy) is 1. The van der Waals surface area contributed by atoms with Crippen LogP contribution in [0.2, 0.25) is 0 Å². The molecule has 1 aromatic heterocycles. The monoisotopic (exact) mass is 469 g/mol. The summed E-state index contributed by atoms with van der Waals surface area (Å²) in [6.45, 7) is 7.15. The molecule has 6 heteroatoms. The van der Waals surface area contributed by atoms with Crippen molar-refractivity contribution in [3.05, 3.63) is 89.2 Å². The van der Waals surface area contributed by atoms with Gasteiger partial charge in [0, 0.05) is 24.6 Å². The van der Waals surface area contributed by atoms with Gasteiger partial charge in [0.2, 0.25) is 5.91 Å². The Morgan fingerprint density at radius 2 is 1.77 bits per heavy atom. The lowest BCUT2D eigenvalue weighted by molar-refractivity contribution is -0.117. The third-order valence-electron chi connectivity index (χ3n) is 6.69. The predicted molar refractivity (Wildman–Crippen MR) is 138 cm³/mol. The number of fused-ring (bicyclic) bond motifs is 1. The number of hydrogen-bond donors (Lipinski definition) is 1. The van der Waals surface area contributed by atoms with Gasteiger partial charge in [-0.05, 0) is 62.2 Å². The number of rotatable bonds is 7. The van der Waals surface area contributed by atoms with Crippen LogP contribution in [0.4, 0.5) is 5.69 Å². The maximum absolute atomic E-state index is 12.9. The fourth-order valence-corrected chi connectivity index (χ4v) is 4.76. The summed E-state index contributed by atoms with van der Waals surface area (Å²) >= 11 is 0. The maximum Gasteiger partial charge on any atom is 0.227 e. The molecule has 1 aliphatic heterocycles. The highest BCUT2D eigenvalue weighted by molar-refractivity contribution is 5.96. The first kappa shape index (κ1) is 23.1. The number of amides is 1. The Labute approximate surface area is 205 Å². The smallest absolute Gasteiger partial charge is 0.227 e. The molecule has 180 valence electrons. The van der Waals surface area contributed by atoms with Crippen molar-refractivity contribution in [1.82, 2.24) is 9.55 Å². The standard InChI is InChI=1S/C29H31N3O3/c1-19-9-12-23(13-10-19)31-16-22(15-28(31)34)29-30-25-6-4-5-7-26(25)32(29)17-24(33)18-35-27-14-20(2)8-11-21(27)3/h4-14,22,24,33H,15-18H2,1-3H3. The van der Waals surface area contributed by atoms with Crippen LogP contribution in [0.15, 0.2) is 66.7 Å². The van der Waals surface area contributed by atoms with E-state index in [1.807, 2.05) is 92.4 Å². The predicted octanol–water partition coefficient (Wildman–Crippen LogP) is 4.92. The molecule has 35 heavy (non-hydrogen) atoms. The number of nitrogens with zero attached hydrogens (tertiary/aromatic N) is 3. The van der Waals surface area contributed by atoms with Gasteiger partial charge in [0.25, 0.3) is 0 Å². The van der Waals surface area contributed by atoms with Crippen molar-refractivity contribution in [2.45, 2.75) is 45.8 Å². The number of aliphatic hydroxyl groups is 1. The van der Waals surface area contributed by atoms with E-state index in [2.05, 4.69) is 4.57 Å². The summed E-state index contributed by atoms with van der Waals surface area (Å²) in [6.07, 6.45) is -0.330. The van der Waals surface area contributed by atoms with Crippen LogP contribution in [-0.4, -0.2) is 39.8 Å². The summed E-state index contributed by atoms with van der Waals surface area (Å²) in [5.41, 5.74) is 6.05. The van der Waals surface area contributed by atoms with Crippen molar-refractivity contribution in [3.63, 3.8) is 0 Å². The average molecular weight is 470 g/mol. The zero-order chi connectivity index (χ0) is 24.5. The van der Waals surface area contributed by atoms with Crippen LogP contribution < -0.4 is 9.64 Å². The lowest BCUT2D eigenvalue weighted by Gasteiger charge is -2.19. The number of carbonyl (C=O) groups excluding carboxylic acids is 1. The zero-order valence-corrected chi connectivity index (χ0v) is 20.4. The Balaban J connectivity index is 1.38. The molecular weight excluding hydrogens is 438 g/mol. The molecule has 3 aromatic carbocycles. The Morgan fingerprint density at radius 1 is 1.03 bits per heavy atom. The van der Waals surface area contributed by atoms with E-state index in [1.165, 1.54) is 0 Å². The van der Waals surface area contributed by atoms with Crippen LogP contribution in [0.1, 0.15) is 34.9 Å². The first-order valence-electron chi connectivity index (χ1n) is 12.1. The summed E-state index contributed by atoms with van der Waals surface area (Å²) in [7, 11) is 0. The van der Waals surface area contributed by atoms with E-state index in [0.717, 1.165) is 45.0 Å². The Morgan fingerprint density at radius 3 is 2.57 bits per heavy atom. The normalized spacial score (nSPS) is 16.7. The molecule has 1 aliphatic rings. The molecule has 1 fully saturated rings. The number of hydrogen-bond acceptors (Lipinski definition) is 4. The molecule has 0 spiro atoms. The number of carbonyl (C=O) groups is 1. The first-order valence-corrected chi connectivity index (χ1v) is 12.1. The van der Waals surface area contributed by atoms with E-state index < -0.39 is 6.10 Å². The topological polar surface area (TPSA) is 67.6 Å². The molecule has 0 aliphatic carbocycles. The van der Waals surface area contributed by atoms with Gasteiger partial charge in [-0.1, -0.05) is 42.0 Å². The molecule has 6 nitrogen and oxygen atoms in total. The third kappa shape index (κ3) is 4.80. The summed E-state index contributed by atoms with van der Waals surface area (Å²) in [6, 6.07) is 22.0. The third-order valence-corrected chi connectivity index (χ3v) is 6.69. The van der Waals surface area contributed by atoms with Crippen molar-refractivity contribution >= 4 is 22.6 Å². The minimum atomic E-state index is -0.725. The summed E-state index contributed by atoms with van der Waals surface area (Å²) < 4.78 is 8.02. The van der Waals surface area contributed by atoms with Gasteiger partial charge >= 0.3 is 0 Å². The summed E-state index contributed by atoms with van der Waals surface area (Å²) in [4.78, 5) is 19.7. The molecular formula is C29H31N3O3. The number of para-hydroxylation sites is 2. The molecule has 1 saturated heterocycles. The van der Waals surface area contributed by atoms with Crippen LogP contribution in [0, 0.1) is 20.8 Å². The van der Waals surface area contributed by atoms with Gasteiger partial charge in [-0.3, -0.25) is 4.79 Å². The summed E-state index contributed by atoms with van der Waals surface area (Å²) in [5, 5.41) is 10.9. The highest BCUT2D eigenvalue weighted by Gasteiger charge is 2.35. The number of anilines is 1. The van der Waals surface area contributed by atoms with Gasteiger partial charge < -0.3 is 19.3 Å². The fraction of sp³-hybridized carbons (Fsp3) is 0.310. The second-order valence-corrected chi connectivity index (χ2v) is 9.54. The molecule has 2 heterocycles. The maximum atomic E-state index is 12.9. The number of aromatic nitrogens is 2. The molecule has 0 radical (unpaired) electrons. The van der Waals surface area contributed by atoms with Crippen LogP contribution in [0.3, 0.4) is 0 Å². The van der Waals surface area contributed by atoms with Crippen LogP contribution in [-0.2, 0) is 11.3 Å². The van der Waals surface area contributed by atoms with E-state index in [0.29, 0.717) is 19.5 Å². The van der Waals surface area contributed by atoms with Gasteiger partial charge in [0.1, 0.15) is 24.3 Å². The largest absolute Gasteiger partial charge is 0.491 e. The molecule has 5 rings (SSSR count). The van der Waals surface area contributed by atoms with Crippen molar-refractivity contribution in [1.29, 1.82) is 0 Å². The van der Waals surface area contributed by atoms with Crippen molar-refractivity contribution in [2.75, 3.05) is 18.1 Å². The highest BCUT2D eigenvalue weighted by atomic mass is 16.5. The van der Waals surface area contributed by atoms with E-state index in [4.69, 9.17) is 9.72 Å². The fourth-order valence-electron chi connectivity index (χ4n) is 4.76. The number of aliphatic hydroxyl groups excluding tert-OH is 1. The minimum Gasteiger partial charge on any atom is -0.491 e. The number of imidazole rings is 1. The van der Waals surface area contributed by atoms with Crippen molar-refractivity contribution in [2.24, 2.45) is 0 Å². The summed E-state index contributed by atoms with van der Waals surface area (Å²) in [5.74, 6) is 1.66. The zero-order valence-electron chi connectivity index (χ0n) is 20.4. The van der Waals surface area contributed by atoms with E-state index in [9.17, 15) is 9.90 Å². The van der Waals surface area contributed by atoms with E-state index in [-0.39, 0.29) is 18.4 Å². The van der Waals surface area contributed by atoms with Crippen molar-refractivity contribution in [3.8, 4) is 5.75 Å². The average Bonchev–Trinajstić information content (AvgIpc) is 3.41. The van der Waals surface area contributed by atoms with Gasteiger partial charge in [-0.15, -0.1) is 0 Å².